The molecule has 0 spiro atoms. The third-order valence-corrected chi connectivity index (χ3v) is 9.31. The van der Waals surface area contributed by atoms with Crippen molar-refractivity contribution in [2.45, 2.75) is 51.2 Å². The van der Waals surface area contributed by atoms with E-state index in [0.717, 1.165) is 56.6 Å². The second-order valence-electron chi connectivity index (χ2n) is 11.8. The van der Waals surface area contributed by atoms with Crippen molar-refractivity contribution in [3.8, 4) is 0 Å². The molecule has 4 atom stereocenters. The number of benzene rings is 3. The van der Waals surface area contributed by atoms with Crippen LogP contribution in [0.5, 0.6) is 0 Å². The maximum absolute atomic E-state index is 14.1. The number of hydrazone groups is 1. The number of anilines is 1. The fourth-order valence-electron chi connectivity index (χ4n) is 6.60. The molecule has 0 aromatic heterocycles. The number of rotatable bonds is 5. The van der Waals surface area contributed by atoms with Crippen LogP contribution in [0.2, 0.25) is 0 Å². The normalized spacial score (nSPS) is 25.1. The van der Waals surface area contributed by atoms with Gasteiger partial charge in [0, 0.05) is 10.4 Å². The van der Waals surface area contributed by atoms with Gasteiger partial charge in [0.2, 0.25) is 0 Å². The number of amides is 3. The number of carbonyl (C=O) groups excluding carboxylic acids is 3. The van der Waals surface area contributed by atoms with Crippen LogP contribution in [0, 0.1) is 19.8 Å². The van der Waals surface area contributed by atoms with Gasteiger partial charge in [-0.25, -0.2) is 9.91 Å². The average Bonchev–Trinajstić information content (AvgIpc) is 3.68. The zero-order valence-electron chi connectivity index (χ0n) is 24.4. The van der Waals surface area contributed by atoms with Crippen molar-refractivity contribution in [3.05, 3.63) is 105 Å². The summed E-state index contributed by atoms with van der Waals surface area (Å²) in [7, 11) is 0. The Kier molecular flexibility index (Phi) is 7.24. The number of hydrogen-bond donors (Lipinski definition) is 0. The van der Waals surface area contributed by atoms with Crippen molar-refractivity contribution < 1.29 is 14.4 Å². The molecular weight excluding hydrogens is 620 g/mol. The summed E-state index contributed by atoms with van der Waals surface area (Å²) in [4.78, 5) is 42.0. The molecule has 0 bridgehead atoms. The highest BCUT2D eigenvalue weighted by Crippen LogP contribution is 2.45. The SMILES string of the molecule is Cc1ccc(/C=C2\CCC[C@@H]3C2=NN(C(=O)CN2N=N[C@@H]4C(=O)N(c5cccc(Br)c5)C(=O)[C@@H]42)[C@@H]3c2ccc(C)cc2)cc1. The lowest BCUT2D eigenvalue weighted by Crippen LogP contribution is -2.45. The Morgan fingerprint density at radius 3 is 2.41 bits per heavy atom. The number of imide groups is 1. The predicted molar refractivity (Wildman–Crippen MR) is 170 cm³/mol. The van der Waals surface area contributed by atoms with E-state index in [1.165, 1.54) is 10.6 Å². The molecular formula is C34H31BrN6O3. The maximum atomic E-state index is 14.1. The van der Waals surface area contributed by atoms with E-state index in [-0.39, 0.29) is 24.4 Å². The Morgan fingerprint density at radius 2 is 1.68 bits per heavy atom. The van der Waals surface area contributed by atoms with Crippen molar-refractivity contribution in [3.63, 3.8) is 0 Å². The molecule has 3 aliphatic heterocycles. The van der Waals surface area contributed by atoms with Gasteiger partial charge in [0.25, 0.3) is 17.7 Å². The zero-order chi connectivity index (χ0) is 30.5. The van der Waals surface area contributed by atoms with Crippen molar-refractivity contribution in [2.24, 2.45) is 21.4 Å². The van der Waals surface area contributed by atoms with Gasteiger partial charge in [0.05, 0.1) is 17.4 Å². The minimum atomic E-state index is -0.987. The van der Waals surface area contributed by atoms with Gasteiger partial charge in [-0.3, -0.25) is 19.4 Å². The number of carbonyl (C=O) groups is 3. The number of nitrogens with zero attached hydrogens (tertiary/aromatic N) is 6. The van der Waals surface area contributed by atoms with Crippen molar-refractivity contribution in [2.75, 3.05) is 11.4 Å². The minimum absolute atomic E-state index is 0.0433. The quantitative estimate of drug-likeness (QED) is 0.308. The first-order valence-corrected chi connectivity index (χ1v) is 15.6. The Labute approximate surface area is 264 Å². The van der Waals surface area contributed by atoms with Crippen molar-refractivity contribution in [1.29, 1.82) is 0 Å². The fraction of sp³-hybridized carbons (Fsp3) is 0.294. The van der Waals surface area contributed by atoms with Crippen LogP contribution in [0.1, 0.15) is 47.6 Å². The Hall–Kier alpha value is -4.44. The fourth-order valence-corrected chi connectivity index (χ4v) is 6.99. The van der Waals surface area contributed by atoms with Gasteiger partial charge in [0.1, 0.15) is 6.54 Å². The smallest absolute Gasteiger partial charge is 0.264 e. The highest BCUT2D eigenvalue weighted by Gasteiger charge is 2.55. The lowest BCUT2D eigenvalue weighted by molar-refractivity contribution is -0.136. The van der Waals surface area contributed by atoms with E-state index in [1.807, 2.05) is 13.0 Å². The summed E-state index contributed by atoms with van der Waals surface area (Å²) in [6, 6.07) is 21.4. The highest BCUT2D eigenvalue weighted by molar-refractivity contribution is 9.10. The summed E-state index contributed by atoms with van der Waals surface area (Å²) in [6.45, 7) is 3.89. The molecule has 10 heteroatoms. The van der Waals surface area contributed by atoms with E-state index in [9.17, 15) is 14.4 Å². The number of fused-ring (bicyclic) bond motifs is 2. The first-order chi connectivity index (χ1) is 21.3. The van der Waals surface area contributed by atoms with E-state index >= 15 is 0 Å². The molecule has 3 aromatic rings. The summed E-state index contributed by atoms with van der Waals surface area (Å²) < 4.78 is 0.744. The number of aryl methyl sites for hydroxylation is 2. The molecule has 4 aliphatic rings. The largest absolute Gasteiger partial charge is 0.271 e. The lowest BCUT2D eigenvalue weighted by atomic mass is 9.77. The third kappa shape index (κ3) is 4.96. The molecule has 1 saturated carbocycles. The monoisotopic (exact) mass is 650 g/mol. The van der Waals surface area contributed by atoms with Crippen LogP contribution in [-0.2, 0) is 14.4 Å². The first kappa shape index (κ1) is 28.3. The van der Waals surface area contributed by atoms with Crippen LogP contribution >= 0.6 is 15.9 Å². The van der Waals surface area contributed by atoms with Crippen LogP contribution in [0.15, 0.2) is 98.3 Å². The summed E-state index contributed by atoms with van der Waals surface area (Å²) in [5.41, 5.74) is 6.98. The molecule has 0 radical (unpaired) electrons. The highest BCUT2D eigenvalue weighted by atomic mass is 79.9. The van der Waals surface area contributed by atoms with Crippen LogP contribution in [0.4, 0.5) is 5.69 Å². The van der Waals surface area contributed by atoms with Crippen LogP contribution < -0.4 is 4.90 Å². The molecule has 1 saturated heterocycles. The maximum Gasteiger partial charge on any atom is 0.264 e. The topological polar surface area (TPSA) is 98.0 Å². The van der Waals surface area contributed by atoms with Crippen LogP contribution in [0.25, 0.3) is 6.08 Å². The Morgan fingerprint density at radius 1 is 0.955 bits per heavy atom. The average molecular weight is 652 g/mol. The molecule has 3 heterocycles. The van der Waals surface area contributed by atoms with Crippen LogP contribution in [0.3, 0.4) is 0 Å². The van der Waals surface area contributed by atoms with E-state index in [0.29, 0.717) is 5.69 Å². The molecule has 2 fully saturated rings. The molecule has 7 rings (SSSR count). The summed E-state index contributed by atoms with van der Waals surface area (Å²) in [6.07, 6.45) is 4.98. The second-order valence-corrected chi connectivity index (χ2v) is 12.8. The van der Waals surface area contributed by atoms with Crippen molar-refractivity contribution in [1.82, 2.24) is 10.0 Å². The summed E-state index contributed by atoms with van der Waals surface area (Å²) in [5.74, 6) is -1.15. The van der Waals surface area contributed by atoms with E-state index < -0.39 is 23.9 Å². The number of hydrogen-bond acceptors (Lipinski definition) is 7. The molecule has 0 unspecified atom stereocenters. The Bertz CT molecular complexity index is 1750. The predicted octanol–water partition coefficient (Wildman–Crippen LogP) is 6.18. The number of allylic oxidation sites excluding steroid dienone is 1. The zero-order valence-corrected chi connectivity index (χ0v) is 26.0. The van der Waals surface area contributed by atoms with Gasteiger partial charge >= 0.3 is 0 Å². The summed E-state index contributed by atoms with van der Waals surface area (Å²) in [5, 5.41) is 16.2. The van der Waals surface area contributed by atoms with Gasteiger partial charge < -0.3 is 0 Å². The van der Waals surface area contributed by atoms with E-state index in [2.05, 4.69) is 87.8 Å². The molecule has 222 valence electrons. The molecule has 9 nitrogen and oxygen atoms in total. The number of halogens is 1. The molecule has 44 heavy (non-hydrogen) atoms. The van der Waals surface area contributed by atoms with Gasteiger partial charge in [0.15, 0.2) is 12.1 Å². The molecule has 3 amide bonds. The first-order valence-electron chi connectivity index (χ1n) is 14.8. The molecule has 1 aliphatic carbocycles. The van der Waals surface area contributed by atoms with Crippen LogP contribution in [-0.4, -0.2) is 52.1 Å². The van der Waals surface area contributed by atoms with E-state index in [4.69, 9.17) is 5.10 Å². The summed E-state index contributed by atoms with van der Waals surface area (Å²) >= 11 is 3.40. The Balaban J connectivity index is 1.19. The minimum Gasteiger partial charge on any atom is -0.271 e. The van der Waals surface area contributed by atoms with Gasteiger partial charge in [-0.2, -0.15) is 10.2 Å². The second kappa shape index (κ2) is 11.2. The molecule has 0 N–H and O–H groups in total. The van der Waals surface area contributed by atoms with Gasteiger partial charge in [-0.15, -0.1) is 0 Å². The third-order valence-electron chi connectivity index (χ3n) is 8.82. The van der Waals surface area contributed by atoms with Gasteiger partial charge in [-0.1, -0.05) is 86.9 Å². The van der Waals surface area contributed by atoms with E-state index in [1.54, 1.807) is 23.2 Å². The lowest BCUT2D eigenvalue weighted by Gasteiger charge is -2.30. The molecule has 3 aromatic carbocycles. The standard InChI is InChI=1S/C34H31BrN6O3/c1-20-9-13-22(14-10-20)17-24-5-3-8-27-29(24)37-41(31(27)23-15-11-21(2)12-16-23)28(42)19-39-32-30(36-38-39)33(43)40(34(32)44)26-7-4-6-25(35)18-26/h4,6-7,9-18,27,30-32H,3,5,8,19H2,1-2H3/b24-17+/t27-,30+,31-,32-/m1/s1. The van der Waals surface area contributed by atoms with Crippen molar-refractivity contribution >= 4 is 51.1 Å². The van der Waals surface area contributed by atoms with Gasteiger partial charge in [-0.05, 0) is 74.1 Å².